The fourth-order valence-electron chi connectivity index (χ4n) is 3.66. The van der Waals surface area contributed by atoms with E-state index in [1.54, 1.807) is 10.9 Å². The number of carbonyl (C=O) groups excluding carboxylic acids is 1. The van der Waals surface area contributed by atoms with Crippen LogP contribution in [0.1, 0.15) is 49.5 Å². The molecule has 0 radical (unpaired) electrons. The third kappa shape index (κ3) is 2.20. The van der Waals surface area contributed by atoms with E-state index in [9.17, 15) is 4.79 Å². The number of fused-ring (bicyclic) bond motifs is 2. The third-order valence-corrected chi connectivity index (χ3v) is 4.77. The van der Waals surface area contributed by atoms with Crippen LogP contribution in [0.25, 0.3) is 0 Å². The van der Waals surface area contributed by atoms with Crippen molar-refractivity contribution in [2.24, 2.45) is 5.92 Å². The Labute approximate surface area is 114 Å². The number of carbonyl (C=O) groups is 1. The topological polar surface area (TPSA) is 51.0 Å². The van der Waals surface area contributed by atoms with Crippen molar-refractivity contribution in [3.05, 3.63) is 11.9 Å². The summed E-state index contributed by atoms with van der Waals surface area (Å²) in [5.74, 6) is 0.422. The first-order valence-corrected chi connectivity index (χ1v) is 7.35. The maximum absolute atomic E-state index is 12.7. The summed E-state index contributed by atoms with van der Waals surface area (Å²) in [5, 5.41) is 7.93. The first-order valence-electron chi connectivity index (χ1n) is 7.35. The molecule has 2 aliphatic heterocycles. The highest BCUT2D eigenvalue weighted by atomic mass is 16.1. The predicted octanol–water partition coefficient (Wildman–Crippen LogP) is 1.74. The fraction of sp³-hybridized carbons (Fsp3) is 0.786. The van der Waals surface area contributed by atoms with Gasteiger partial charge in [0.15, 0.2) is 5.78 Å². The van der Waals surface area contributed by atoms with E-state index in [0.29, 0.717) is 17.8 Å². The van der Waals surface area contributed by atoms with Crippen molar-refractivity contribution in [2.75, 3.05) is 7.05 Å². The first kappa shape index (κ1) is 12.8. The van der Waals surface area contributed by atoms with Gasteiger partial charge in [0.05, 0.1) is 6.20 Å². The summed E-state index contributed by atoms with van der Waals surface area (Å²) in [7, 11) is 2.20. The largest absolute Gasteiger partial charge is 0.300 e. The predicted molar refractivity (Wildman–Crippen MR) is 71.9 cm³/mol. The highest BCUT2D eigenvalue weighted by Gasteiger charge is 2.41. The molecule has 2 aliphatic rings. The van der Waals surface area contributed by atoms with E-state index in [0.717, 1.165) is 25.8 Å². The normalized spacial score (nSPS) is 30.7. The van der Waals surface area contributed by atoms with Crippen LogP contribution >= 0.6 is 0 Å². The minimum Gasteiger partial charge on any atom is -0.300 e. The summed E-state index contributed by atoms with van der Waals surface area (Å²) in [6, 6.07) is 1.20. The van der Waals surface area contributed by atoms with Crippen LogP contribution in [0.15, 0.2) is 6.20 Å². The van der Waals surface area contributed by atoms with Gasteiger partial charge < -0.3 is 4.90 Å². The van der Waals surface area contributed by atoms with Gasteiger partial charge >= 0.3 is 0 Å². The summed E-state index contributed by atoms with van der Waals surface area (Å²) in [6.45, 7) is 2.87. The van der Waals surface area contributed by atoms with E-state index in [-0.39, 0.29) is 11.7 Å². The van der Waals surface area contributed by atoms with Crippen LogP contribution in [0.5, 0.6) is 0 Å². The van der Waals surface area contributed by atoms with Crippen LogP contribution in [0.3, 0.4) is 0 Å². The number of aryl methyl sites for hydroxylation is 1. The van der Waals surface area contributed by atoms with Crippen LogP contribution in [-0.2, 0) is 6.54 Å². The average Bonchev–Trinajstić information content (AvgIpc) is 2.91. The Balaban J connectivity index is 1.76. The summed E-state index contributed by atoms with van der Waals surface area (Å²) in [4.78, 5) is 15.1. The molecule has 19 heavy (non-hydrogen) atoms. The Kier molecular flexibility index (Phi) is 3.39. The molecule has 5 heteroatoms. The molecular formula is C14H22N4O. The zero-order chi connectivity index (χ0) is 13.4. The lowest BCUT2D eigenvalue weighted by Gasteiger charge is -2.35. The number of piperidine rings is 1. The second kappa shape index (κ2) is 5.04. The highest BCUT2D eigenvalue weighted by Crippen LogP contribution is 2.38. The van der Waals surface area contributed by atoms with E-state index in [2.05, 4.69) is 29.2 Å². The van der Waals surface area contributed by atoms with Crippen molar-refractivity contribution in [3.8, 4) is 0 Å². The first-order chi connectivity index (χ1) is 9.20. The minimum absolute atomic E-state index is 0.169. The monoisotopic (exact) mass is 262 g/mol. The zero-order valence-corrected chi connectivity index (χ0v) is 11.7. The van der Waals surface area contributed by atoms with Gasteiger partial charge in [-0.1, -0.05) is 12.1 Å². The van der Waals surface area contributed by atoms with E-state index < -0.39 is 0 Å². The standard InChI is InChI=1S/C14H22N4O/c1-3-6-18-13(9-15-16-18)14(19)10-7-11-4-5-12(8-10)17(11)2/h9-12H,3-8H2,1-2H3. The molecule has 2 unspecified atom stereocenters. The van der Waals surface area contributed by atoms with Crippen molar-refractivity contribution in [1.82, 2.24) is 19.9 Å². The molecule has 0 N–H and O–H groups in total. The minimum atomic E-state index is 0.169. The maximum Gasteiger partial charge on any atom is 0.185 e. The smallest absolute Gasteiger partial charge is 0.185 e. The van der Waals surface area contributed by atoms with Crippen molar-refractivity contribution >= 4 is 5.78 Å². The molecule has 0 spiro atoms. The molecule has 1 aromatic heterocycles. The Bertz CT molecular complexity index is 456. The van der Waals surface area contributed by atoms with Crippen molar-refractivity contribution < 1.29 is 4.79 Å². The molecule has 0 saturated carbocycles. The molecule has 2 saturated heterocycles. The maximum atomic E-state index is 12.7. The number of rotatable bonds is 4. The summed E-state index contributed by atoms with van der Waals surface area (Å²) in [5.41, 5.74) is 0.704. The van der Waals surface area contributed by atoms with Gasteiger partial charge in [-0.25, -0.2) is 4.68 Å². The molecule has 0 amide bonds. The van der Waals surface area contributed by atoms with Gasteiger partial charge in [0.2, 0.25) is 0 Å². The molecule has 104 valence electrons. The number of ketones is 1. The Morgan fingerprint density at radius 2 is 2.05 bits per heavy atom. The zero-order valence-electron chi connectivity index (χ0n) is 11.7. The highest BCUT2D eigenvalue weighted by molar-refractivity contribution is 5.96. The molecule has 2 fully saturated rings. The van der Waals surface area contributed by atoms with Crippen LogP contribution in [-0.4, -0.2) is 44.8 Å². The lowest BCUT2D eigenvalue weighted by atomic mass is 9.86. The number of hydrogen-bond acceptors (Lipinski definition) is 4. The van der Waals surface area contributed by atoms with Crippen LogP contribution in [0.2, 0.25) is 0 Å². The molecule has 3 heterocycles. The average molecular weight is 262 g/mol. The molecule has 1 aromatic rings. The SMILES string of the molecule is CCCn1nncc1C(=O)C1CC2CCC(C1)N2C. The molecule has 5 nitrogen and oxygen atoms in total. The quantitative estimate of drug-likeness (QED) is 0.776. The lowest BCUT2D eigenvalue weighted by Crippen LogP contribution is -2.42. The van der Waals surface area contributed by atoms with Gasteiger partial charge in [0.1, 0.15) is 5.69 Å². The number of hydrogen-bond donors (Lipinski definition) is 0. The van der Waals surface area contributed by atoms with Gasteiger partial charge in [-0.2, -0.15) is 0 Å². The molecule has 0 aliphatic carbocycles. The van der Waals surface area contributed by atoms with E-state index >= 15 is 0 Å². The lowest BCUT2D eigenvalue weighted by molar-refractivity contribution is 0.0756. The number of aromatic nitrogens is 3. The van der Waals surface area contributed by atoms with Gasteiger partial charge in [-0.3, -0.25) is 4.79 Å². The second-order valence-electron chi connectivity index (χ2n) is 5.93. The molecule has 0 aromatic carbocycles. The number of nitrogens with zero attached hydrogens (tertiary/aromatic N) is 4. The Morgan fingerprint density at radius 3 is 2.68 bits per heavy atom. The van der Waals surface area contributed by atoms with E-state index in [1.165, 1.54) is 12.8 Å². The Morgan fingerprint density at radius 1 is 1.37 bits per heavy atom. The van der Waals surface area contributed by atoms with Crippen LogP contribution < -0.4 is 0 Å². The second-order valence-corrected chi connectivity index (χ2v) is 5.93. The van der Waals surface area contributed by atoms with E-state index in [4.69, 9.17) is 0 Å². The van der Waals surface area contributed by atoms with Crippen molar-refractivity contribution in [1.29, 1.82) is 0 Å². The molecule has 2 atom stereocenters. The summed E-state index contributed by atoms with van der Waals surface area (Å²) < 4.78 is 1.77. The van der Waals surface area contributed by atoms with Gasteiger partial charge in [-0.05, 0) is 39.2 Å². The van der Waals surface area contributed by atoms with Crippen LogP contribution in [0, 0.1) is 5.92 Å². The fourth-order valence-corrected chi connectivity index (χ4v) is 3.66. The van der Waals surface area contributed by atoms with Gasteiger partial charge in [-0.15, -0.1) is 5.10 Å². The van der Waals surface area contributed by atoms with Gasteiger partial charge in [0, 0.05) is 24.5 Å². The van der Waals surface area contributed by atoms with Crippen molar-refractivity contribution in [2.45, 2.75) is 57.7 Å². The van der Waals surface area contributed by atoms with Crippen LogP contribution in [0.4, 0.5) is 0 Å². The Hall–Kier alpha value is -1.23. The molecule has 2 bridgehead atoms. The molecule has 3 rings (SSSR count). The summed E-state index contributed by atoms with van der Waals surface area (Å²) in [6.07, 6.45) is 7.11. The molecular weight excluding hydrogens is 240 g/mol. The van der Waals surface area contributed by atoms with Gasteiger partial charge in [0.25, 0.3) is 0 Å². The third-order valence-electron chi connectivity index (χ3n) is 4.77. The summed E-state index contributed by atoms with van der Waals surface area (Å²) >= 11 is 0. The van der Waals surface area contributed by atoms with E-state index in [1.807, 2.05) is 0 Å². The number of Topliss-reactive ketones (excluding diaryl/α,β-unsaturated/α-hetero) is 1. The van der Waals surface area contributed by atoms with Crippen molar-refractivity contribution in [3.63, 3.8) is 0 Å².